The molecule has 0 bridgehead atoms. The number of aliphatic carboxylic acids is 1. The zero-order valence-electron chi connectivity index (χ0n) is 13.5. The summed E-state index contributed by atoms with van der Waals surface area (Å²) >= 11 is 0. The highest BCUT2D eigenvalue weighted by atomic mass is 16.6. The van der Waals surface area contributed by atoms with Gasteiger partial charge in [0.2, 0.25) is 0 Å². The van der Waals surface area contributed by atoms with Gasteiger partial charge >= 0.3 is 12.0 Å². The number of hydrogen-bond acceptors (Lipinski definition) is 4. The van der Waals surface area contributed by atoms with E-state index in [4.69, 9.17) is 14.6 Å². The van der Waals surface area contributed by atoms with Crippen LogP contribution in [0.15, 0.2) is 18.2 Å². The van der Waals surface area contributed by atoms with Crippen molar-refractivity contribution < 1.29 is 24.2 Å². The number of rotatable bonds is 5. The smallest absolute Gasteiger partial charge is 0.315 e. The standard InChI is InChI=1S/C17H22N2O5/c20-15(21)5-8-18-16(22)19-17(6-1-2-7-17)12-3-4-13-14(11-12)24-10-9-23-13/h3-4,11H,1-2,5-10H2,(H,20,21)(H2,18,19,22). The number of ether oxygens (including phenoxy) is 2. The van der Waals surface area contributed by atoms with Crippen molar-refractivity contribution in [3.05, 3.63) is 23.8 Å². The number of carboxylic acids is 1. The number of fused-ring (bicyclic) bond motifs is 1. The molecule has 3 N–H and O–H groups in total. The predicted octanol–water partition coefficient (Wildman–Crippen LogP) is 2.00. The molecule has 1 saturated carbocycles. The summed E-state index contributed by atoms with van der Waals surface area (Å²) in [6.45, 7) is 1.17. The predicted molar refractivity (Wildman–Crippen MR) is 86.4 cm³/mol. The molecule has 1 aromatic carbocycles. The van der Waals surface area contributed by atoms with E-state index in [2.05, 4.69) is 10.6 Å². The third-order valence-corrected chi connectivity index (χ3v) is 4.53. The van der Waals surface area contributed by atoms with Crippen molar-refractivity contribution in [2.24, 2.45) is 0 Å². The Morgan fingerprint density at radius 3 is 2.54 bits per heavy atom. The largest absolute Gasteiger partial charge is 0.486 e. The molecule has 1 aliphatic heterocycles. The van der Waals surface area contributed by atoms with E-state index in [0.717, 1.165) is 37.0 Å². The molecule has 7 heteroatoms. The Kier molecular flexibility index (Phi) is 4.78. The summed E-state index contributed by atoms with van der Waals surface area (Å²) in [7, 11) is 0. The Hall–Kier alpha value is -2.44. The number of urea groups is 1. The maximum Gasteiger partial charge on any atom is 0.315 e. The molecule has 1 aromatic rings. The minimum Gasteiger partial charge on any atom is -0.486 e. The number of benzene rings is 1. The van der Waals surface area contributed by atoms with E-state index in [-0.39, 0.29) is 19.0 Å². The van der Waals surface area contributed by atoms with E-state index < -0.39 is 11.5 Å². The van der Waals surface area contributed by atoms with Gasteiger partial charge in [-0.25, -0.2) is 4.79 Å². The lowest BCUT2D eigenvalue weighted by Crippen LogP contribution is -2.48. The molecule has 0 unspecified atom stereocenters. The minimum absolute atomic E-state index is 0.0928. The van der Waals surface area contributed by atoms with E-state index in [1.807, 2.05) is 18.2 Å². The molecule has 0 saturated heterocycles. The van der Waals surface area contributed by atoms with Crippen molar-refractivity contribution >= 4 is 12.0 Å². The van der Waals surface area contributed by atoms with Crippen LogP contribution in [0, 0.1) is 0 Å². The van der Waals surface area contributed by atoms with Crippen molar-refractivity contribution in [1.29, 1.82) is 0 Å². The number of carboxylic acid groups (broad SMARTS) is 1. The van der Waals surface area contributed by atoms with E-state index in [9.17, 15) is 9.59 Å². The summed E-state index contributed by atoms with van der Waals surface area (Å²) in [6.07, 6.45) is 3.66. The average molecular weight is 334 g/mol. The average Bonchev–Trinajstić information content (AvgIpc) is 3.03. The summed E-state index contributed by atoms with van der Waals surface area (Å²) in [6, 6.07) is 5.45. The Balaban J connectivity index is 1.73. The molecular formula is C17H22N2O5. The first-order valence-electron chi connectivity index (χ1n) is 8.27. The lowest BCUT2D eigenvalue weighted by Gasteiger charge is -2.32. The van der Waals surface area contributed by atoms with Crippen LogP contribution in [0.5, 0.6) is 11.5 Å². The second-order valence-corrected chi connectivity index (χ2v) is 6.17. The Bertz CT molecular complexity index is 625. The number of carbonyl (C=O) groups excluding carboxylic acids is 1. The van der Waals surface area contributed by atoms with Crippen LogP contribution in [0.1, 0.15) is 37.7 Å². The molecule has 0 spiro atoms. The summed E-state index contributed by atoms with van der Waals surface area (Å²) in [5.74, 6) is 0.500. The molecule has 24 heavy (non-hydrogen) atoms. The van der Waals surface area contributed by atoms with Gasteiger partial charge in [-0.05, 0) is 30.5 Å². The maximum absolute atomic E-state index is 12.2. The summed E-state index contributed by atoms with van der Waals surface area (Å²) in [5, 5.41) is 14.3. The van der Waals surface area contributed by atoms with Crippen LogP contribution in [-0.2, 0) is 10.3 Å². The topological polar surface area (TPSA) is 96.9 Å². The number of nitrogens with one attached hydrogen (secondary N) is 2. The second-order valence-electron chi connectivity index (χ2n) is 6.17. The molecular weight excluding hydrogens is 312 g/mol. The molecule has 7 nitrogen and oxygen atoms in total. The van der Waals surface area contributed by atoms with Gasteiger partial charge in [-0.1, -0.05) is 18.9 Å². The highest BCUT2D eigenvalue weighted by Crippen LogP contribution is 2.42. The first kappa shape index (κ1) is 16.4. The van der Waals surface area contributed by atoms with Gasteiger partial charge in [-0.2, -0.15) is 0 Å². The fraction of sp³-hybridized carbons (Fsp3) is 0.529. The van der Waals surface area contributed by atoms with E-state index >= 15 is 0 Å². The number of carbonyl (C=O) groups is 2. The molecule has 1 fully saturated rings. The van der Waals surface area contributed by atoms with Crippen LogP contribution in [0.3, 0.4) is 0 Å². The van der Waals surface area contributed by atoms with Gasteiger partial charge in [0, 0.05) is 6.54 Å². The van der Waals surface area contributed by atoms with Gasteiger partial charge in [-0.15, -0.1) is 0 Å². The minimum atomic E-state index is -0.933. The molecule has 2 aliphatic rings. The van der Waals surface area contributed by atoms with Crippen LogP contribution in [0.25, 0.3) is 0 Å². The van der Waals surface area contributed by atoms with Crippen LogP contribution in [-0.4, -0.2) is 36.9 Å². The van der Waals surface area contributed by atoms with Gasteiger partial charge in [0.25, 0.3) is 0 Å². The van der Waals surface area contributed by atoms with Crippen molar-refractivity contribution in [2.75, 3.05) is 19.8 Å². The maximum atomic E-state index is 12.2. The molecule has 130 valence electrons. The number of hydrogen-bond donors (Lipinski definition) is 3. The Labute approximate surface area is 140 Å². The Morgan fingerprint density at radius 2 is 1.83 bits per heavy atom. The molecule has 0 radical (unpaired) electrons. The summed E-state index contributed by atoms with van der Waals surface area (Å²) < 4.78 is 11.2. The highest BCUT2D eigenvalue weighted by Gasteiger charge is 2.37. The Morgan fingerprint density at radius 1 is 1.12 bits per heavy atom. The summed E-state index contributed by atoms with van der Waals surface area (Å²) in [5.41, 5.74) is 0.556. The van der Waals surface area contributed by atoms with Crippen LogP contribution in [0.4, 0.5) is 4.79 Å². The zero-order chi connectivity index (χ0) is 17.0. The van der Waals surface area contributed by atoms with Gasteiger partial charge in [0.15, 0.2) is 11.5 Å². The van der Waals surface area contributed by atoms with E-state index in [1.165, 1.54) is 0 Å². The third-order valence-electron chi connectivity index (χ3n) is 4.53. The third kappa shape index (κ3) is 3.55. The first-order chi connectivity index (χ1) is 11.6. The monoisotopic (exact) mass is 334 g/mol. The first-order valence-corrected chi connectivity index (χ1v) is 8.27. The van der Waals surface area contributed by atoms with Crippen molar-refractivity contribution in [1.82, 2.24) is 10.6 Å². The van der Waals surface area contributed by atoms with E-state index in [0.29, 0.717) is 19.0 Å². The van der Waals surface area contributed by atoms with E-state index in [1.54, 1.807) is 0 Å². The molecule has 1 heterocycles. The molecule has 1 aliphatic carbocycles. The van der Waals surface area contributed by atoms with Crippen LogP contribution >= 0.6 is 0 Å². The van der Waals surface area contributed by atoms with Crippen LogP contribution < -0.4 is 20.1 Å². The van der Waals surface area contributed by atoms with Crippen LogP contribution in [0.2, 0.25) is 0 Å². The van der Waals surface area contributed by atoms with Gasteiger partial charge < -0.3 is 25.2 Å². The van der Waals surface area contributed by atoms with Gasteiger partial charge in [-0.3, -0.25) is 4.79 Å². The van der Waals surface area contributed by atoms with Crippen molar-refractivity contribution in [2.45, 2.75) is 37.6 Å². The van der Waals surface area contributed by atoms with Crippen molar-refractivity contribution in [3.8, 4) is 11.5 Å². The fourth-order valence-corrected chi connectivity index (χ4v) is 3.35. The quantitative estimate of drug-likeness (QED) is 0.765. The van der Waals surface area contributed by atoms with Gasteiger partial charge in [0.05, 0.1) is 12.0 Å². The molecule has 0 aromatic heterocycles. The number of amides is 2. The van der Waals surface area contributed by atoms with Gasteiger partial charge in [0.1, 0.15) is 13.2 Å². The molecule has 0 atom stereocenters. The highest BCUT2D eigenvalue weighted by molar-refractivity contribution is 5.76. The molecule has 2 amide bonds. The lowest BCUT2D eigenvalue weighted by molar-refractivity contribution is -0.136. The fourth-order valence-electron chi connectivity index (χ4n) is 3.35. The SMILES string of the molecule is O=C(O)CCNC(=O)NC1(c2ccc3c(c2)OCCO3)CCCC1. The normalized spacial score (nSPS) is 18.0. The lowest BCUT2D eigenvalue weighted by atomic mass is 9.88. The second kappa shape index (κ2) is 6.98. The zero-order valence-corrected chi connectivity index (χ0v) is 13.5. The summed E-state index contributed by atoms with van der Waals surface area (Å²) in [4.78, 5) is 22.7. The molecule has 3 rings (SSSR count). The van der Waals surface area contributed by atoms with Crippen molar-refractivity contribution in [3.63, 3.8) is 0 Å².